The summed E-state index contributed by atoms with van der Waals surface area (Å²) in [6.07, 6.45) is 5.80. The largest absolute Gasteiger partial charge is 0.378 e. The monoisotopic (exact) mass is 279 g/mol. The van der Waals surface area contributed by atoms with E-state index in [1.165, 1.54) is 12.6 Å². The lowest BCUT2D eigenvalue weighted by molar-refractivity contribution is -0.384. The Morgan fingerprint density at radius 3 is 3.00 bits per heavy atom. The van der Waals surface area contributed by atoms with Crippen LogP contribution in [0.3, 0.4) is 0 Å². The summed E-state index contributed by atoms with van der Waals surface area (Å²) in [4.78, 5) is 20.5. The fourth-order valence-corrected chi connectivity index (χ4v) is 3.00. The van der Waals surface area contributed by atoms with Crippen molar-refractivity contribution in [1.82, 2.24) is 9.97 Å². The van der Waals surface area contributed by atoms with Crippen LogP contribution in [0.4, 0.5) is 17.5 Å². The first kappa shape index (κ1) is 13.0. The molecule has 20 heavy (non-hydrogen) atoms. The summed E-state index contributed by atoms with van der Waals surface area (Å²) in [5, 5.41) is 10.7. The highest BCUT2D eigenvalue weighted by atomic mass is 16.6. The minimum absolute atomic E-state index is 0.0844. The van der Waals surface area contributed by atoms with Gasteiger partial charge in [-0.15, -0.1) is 0 Å². The molecule has 2 fully saturated rings. The normalized spacial score (nSPS) is 26.1. The predicted molar refractivity (Wildman–Crippen MR) is 72.4 cm³/mol. The molecule has 0 radical (unpaired) electrons. The number of aromatic nitrogens is 2. The quantitative estimate of drug-likeness (QED) is 0.638. The molecule has 1 saturated carbocycles. The smallest absolute Gasteiger partial charge is 0.329 e. The van der Waals surface area contributed by atoms with E-state index in [9.17, 15) is 10.1 Å². The van der Waals surface area contributed by atoms with Gasteiger partial charge < -0.3 is 15.4 Å². The van der Waals surface area contributed by atoms with E-state index in [2.05, 4.69) is 14.9 Å². The predicted octanol–water partition coefficient (Wildman–Crippen LogP) is 1.11. The van der Waals surface area contributed by atoms with Crippen molar-refractivity contribution in [3.05, 3.63) is 16.3 Å². The summed E-state index contributed by atoms with van der Waals surface area (Å²) in [7, 11) is 0. The molecule has 0 spiro atoms. The highest BCUT2D eigenvalue weighted by Gasteiger charge is 2.35. The van der Waals surface area contributed by atoms with Gasteiger partial charge in [-0.25, -0.2) is 4.98 Å². The third-order valence-electron chi connectivity index (χ3n) is 3.97. The summed E-state index contributed by atoms with van der Waals surface area (Å²) < 4.78 is 5.79. The molecule has 3 rings (SSSR count). The Hall–Kier alpha value is -1.96. The molecule has 2 atom stereocenters. The molecule has 8 nitrogen and oxygen atoms in total. The van der Waals surface area contributed by atoms with E-state index in [4.69, 9.17) is 10.5 Å². The summed E-state index contributed by atoms with van der Waals surface area (Å²) >= 11 is 0. The fraction of sp³-hybridized carbons (Fsp3) is 0.667. The van der Waals surface area contributed by atoms with Gasteiger partial charge in [-0.1, -0.05) is 12.8 Å². The molecule has 2 aliphatic rings. The van der Waals surface area contributed by atoms with Crippen molar-refractivity contribution in [2.75, 3.05) is 23.8 Å². The summed E-state index contributed by atoms with van der Waals surface area (Å²) in [6, 6.07) is 0.248. The number of ether oxygens (including phenoxy) is 1. The number of nitrogen functional groups attached to an aromatic ring is 1. The summed E-state index contributed by atoms with van der Waals surface area (Å²) in [6.45, 7) is 1.32. The van der Waals surface area contributed by atoms with E-state index in [1.807, 2.05) is 0 Å². The number of nitro groups is 1. The third-order valence-corrected chi connectivity index (χ3v) is 3.97. The van der Waals surface area contributed by atoms with Crippen molar-refractivity contribution in [1.29, 1.82) is 0 Å². The van der Waals surface area contributed by atoms with E-state index in [1.54, 1.807) is 0 Å². The van der Waals surface area contributed by atoms with E-state index >= 15 is 0 Å². The highest BCUT2D eigenvalue weighted by Crippen LogP contribution is 2.31. The molecular weight excluding hydrogens is 262 g/mol. The van der Waals surface area contributed by atoms with Gasteiger partial charge in [0.25, 0.3) is 0 Å². The molecule has 8 heteroatoms. The third kappa shape index (κ3) is 2.26. The second-order valence-electron chi connectivity index (χ2n) is 5.15. The number of morpholine rings is 1. The molecule has 108 valence electrons. The Morgan fingerprint density at radius 1 is 1.45 bits per heavy atom. The van der Waals surface area contributed by atoms with Crippen molar-refractivity contribution >= 4 is 17.5 Å². The Bertz CT molecular complexity index is 522. The van der Waals surface area contributed by atoms with E-state index in [-0.39, 0.29) is 23.7 Å². The number of anilines is 2. The van der Waals surface area contributed by atoms with Crippen molar-refractivity contribution in [3.8, 4) is 0 Å². The molecule has 1 aromatic heterocycles. The van der Waals surface area contributed by atoms with Crippen LogP contribution in [0.25, 0.3) is 0 Å². The maximum atomic E-state index is 10.7. The van der Waals surface area contributed by atoms with Gasteiger partial charge in [-0.2, -0.15) is 4.98 Å². The molecule has 1 aliphatic heterocycles. The minimum atomic E-state index is -0.568. The second kappa shape index (κ2) is 5.20. The lowest BCUT2D eigenvalue weighted by Gasteiger charge is -2.43. The molecule has 0 unspecified atom stereocenters. The average molecular weight is 279 g/mol. The van der Waals surface area contributed by atoms with Crippen LogP contribution in [0.2, 0.25) is 0 Å². The van der Waals surface area contributed by atoms with Crippen molar-refractivity contribution in [2.45, 2.75) is 37.8 Å². The van der Waals surface area contributed by atoms with Crippen LogP contribution in [-0.2, 0) is 4.74 Å². The van der Waals surface area contributed by atoms with Gasteiger partial charge in [0, 0.05) is 6.54 Å². The Labute approximate surface area is 116 Å². The first-order valence-electron chi connectivity index (χ1n) is 6.82. The molecule has 2 heterocycles. The Kier molecular flexibility index (Phi) is 3.39. The zero-order valence-corrected chi connectivity index (χ0v) is 11.1. The van der Waals surface area contributed by atoms with Gasteiger partial charge in [0.15, 0.2) is 0 Å². The van der Waals surface area contributed by atoms with Crippen LogP contribution in [0, 0.1) is 10.1 Å². The molecule has 0 aromatic carbocycles. The molecule has 2 N–H and O–H groups in total. The van der Waals surface area contributed by atoms with Crippen LogP contribution in [-0.4, -0.2) is 40.2 Å². The standard InChI is InChI=1S/C12H17N5O3/c13-11-9(17(18)19)7-14-12(15-11)16-5-6-20-10-4-2-1-3-8(10)16/h7-8,10H,1-6H2,(H2,13,14,15)/t8-,10+/m1/s1. The topological polar surface area (TPSA) is 107 Å². The van der Waals surface area contributed by atoms with Crippen LogP contribution >= 0.6 is 0 Å². The number of nitrogens with zero attached hydrogens (tertiary/aromatic N) is 4. The van der Waals surface area contributed by atoms with Gasteiger partial charge in [-0.05, 0) is 12.8 Å². The van der Waals surface area contributed by atoms with Crippen LogP contribution in [0.15, 0.2) is 6.20 Å². The minimum Gasteiger partial charge on any atom is -0.378 e. The summed E-state index contributed by atoms with van der Waals surface area (Å²) in [5.74, 6) is 0.382. The molecule has 1 saturated heterocycles. The van der Waals surface area contributed by atoms with Gasteiger partial charge in [-0.3, -0.25) is 10.1 Å². The molecular formula is C12H17N5O3. The molecule has 0 amide bonds. The van der Waals surface area contributed by atoms with Gasteiger partial charge >= 0.3 is 5.69 Å². The lowest BCUT2D eigenvalue weighted by atomic mass is 9.90. The van der Waals surface area contributed by atoms with E-state index in [0.29, 0.717) is 19.1 Å². The molecule has 0 bridgehead atoms. The maximum absolute atomic E-state index is 10.7. The number of hydrogen-bond donors (Lipinski definition) is 1. The van der Waals surface area contributed by atoms with Crippen LogP contribution in [0.5, 0.6) is 0 Å². The second-order valence-corrected chi connectivity index (χ2v) is 5.15. The van der Waals surface area contributed by atoms with Crippen molar-refractivity contribution in [3.63, 3.8) is 0 Å². The zero-order chi connectivity index (χ0) is 14.1. The van der Waals surface area contributed by atoms with Crippen LogP contribution < -0.4 is 10.6 Å². The highest BCUT2D eigenvalue weighted by molar-refractivity contribution is 5.54. The first-order valence-corrected chi connectivity index (χ1v) is 6.82. The zero-order valence-electron chi connectivity index (χ0n) is 11.1. The van der Waals surface area contributed by atoms with E-state index < -0.39 is 4.92 Å². The molecule has 1 aromatic rings. The number of hydrogen-bond acceptors (Lipinski definition) is 7. The fourth-order valence-electron chi connectivity index (χ4n) is 3.00. The molecule has 1 aliphatic carbocycles. The van der Waals surface area contributed by atoms with Crippen LogP contribution in [0.1, 0.15) is 25.7 Å². The maximum Gasteiger partial charge on any atom is 0.329 e. The number of rotatable bonds is 2. The average Bonchev–Trinajstić information content (AvgIpc) is 2.46. The number of fused-ring (bicyclic) bond motifs is 1. The Morgan fingerprint density at radius 2 is 2.25 bits per heavy atom. The number of nitrogens with two attached hydrogens (primary N) is 1. The summed E-state index contributed by atoms with van der Waals surface area (Å²) in [5.41, 5.74) is 5.40. The van der Waals surface area contributed by atoms with Crippen molar-refractivity contribution < 1.29 is 9.66 Å². The first-order chi connectivity index (χ1) is 9.66. The van der Waals surface area contributed by atoms with Crippen molar-refractivity contribution in [2.24, 2.45) is 0 Å². The van der Waals surface area contributed by atoms with Gasteiger partial charge in [0.05, 0.1) is 23.7 Å². The van der Waals surface area contributed by atoms with E-state index in [0.717, 1.165) is 19.3 Å². The Balaban J connectivity index is 1.87. The SMILES string of the molecule is Nc1nc(N2CCO[C@H]3CCCC[C@H]32)ncc1[N+](=O)[O-]. The van der Waals surface area contributed by atoms with Gasteiger partial charge in [0.2, 0.25) is 11.8 Å². The lowest BCUT2D eigenvalue weighted by Crippen LogP contribution is -2.53. The van der Waals surface area contributed by atoms with Gasteiger partial charge in [0.1, 0.15) is 6.20 Å².